The Labute approximate surface area is 302 Å². The maximum Gasteiger partial charge on any atom is 0.0726 e. The minimum Gasteiger partial charge on any atom is -0.309 e. The van der Waals surface area contributed by atoms with E-state index >= 15 is 0 Å². The molecule has 244 valence electrons. The van der Waals surface area contributed by atoms with Crippen molar-refractivity contribution in [2.75, 3.05) is 5.01 Å². The third kappa shape index (κ3) is 3.83. The average molecular weight is 664 g/mol. The van der Waals surface area contributed by atoms with E-state index in [-0.39, 0.29) is 0 Å². The van der Waals surface area contributed by atoms with Gasteiger partial charge in [0.15, 0.2) is 0 Å². The molecule has 1 aromatic heterocycles. The zero-order chi connectivity index (χ0) is 34.4. The Kier molecular flexibility index (Phi) is 6.10. The zero-order valence-electron chi connectivity index (χ0n) is 28.4. The minimum atomic E-state index is -0.398. The van der Waals surface area contributed by atoms with Crippen molar-refractivity contribution < 1.29 is 0 Å². The summed E-state index contributed by atoms with van der Waals surface area (Å²) in [5.41, 5.74) is 17.7. The van der Waals surface area contributed by atoms with Gasteiger partial charge in [-0.05, 0) is 92.5 Å². The molecule has 2 aliphatic carbocycles. The van der Waals surface area contributed by atoms with E-state index in [1.165, 1.54) is 66.3 Å². The molecule has 1 heterocycles. The van der Waals surface area contributed by atoms with E-state index in [4.69, 9.17) is 5.84 Å². The smallest absolute Gasteiger partial charge is 0.0726 e. The molecule has 2 N–H and O–H groups in total. The van der Waals surface area contributed by atoms with Gasteiger partial charge in [0.25, 0.3) is 0 Å². The van der Waals surface area contributed by atoms with Crippen LogP contribution in [0.4, 0.5) is 11.4 Å². The lowest BCUT2D eigenvalue weighted by atomic mass is 9.70. The maximum atomic E-state index is 7.11. The largest absolute Gasteiger partial charge is 0.309 e. The van der Waals surface area contributed by atoms with Crippen molar-refractivity contribution in [3.63, 3.8) is 0 Å². The first-order valence-corrected chi connectivity index (χ1v) is 17.9. The van der Waals surface area contributed by atoms with Crippen LogP contribution in [0.1, 0.15) is 22.3 Å². The van der Waals surface area contributed by atoms with Gasteiger partial charge in [-0.15, -0.1) is 0 Å². The summed E-state index contributed by atoms with van der Waals surface area (Å²) in [6.07, 6.45) is 0. The maximum absolute atomic E-state index is 7.11. The van der Waals surface area contributed by atoms with E-state index < -0.39 is 5.41 Å². The summed E-state index contributed by atoms with van der Waals surface area (Å²) in [6.45, 7) is 0. The quantitative estimate of drug-likeness (QED) is 0.150. The first-order valence-electron chi connectivity index (χ1n) is 17.9. The highest BCUT2D eigenvalue weighted by Gasteiger charge is 2.52. The molecule has 0 saturated carbocycles. The van der Waals surface area contributed by atoms with Gasteiger partial charge in [-0.1, -0.05) is 146 Å². The zero-order valence-corrected chi connectivity index (χ0v) is 28.4. The topological polar surface area (TPSA) is 34.2 Å². The van der Waals surface area contributed by atoms with E-state index in [9.17, 15) is 0 Å². The summed E-state index contributed by atoms with van der Waals surface area (Å²) >= 11 is 0. The number of nitrogens with two attached hydrogens (primary N) is 1. The van der Waals surface area contributed by atoms with Crippen LogP contribution in [0.3, 0.4) is 0 Å². The minimum absolute atomic E-state index is 0.398. The van der Waals surface area contributed by atoms with E-state index in [1.54, 1.807) is 0 Å². The molecule has 0 bridgehead atoms. The van der Waals surface area contributed by atoms with E-state index in [1.807, 2.05) is 5.01 Å². The fourth-order valence-corrected chi connectivity index (χ4v) is 9.28. The molecule has 1 spiro atoms. The van der Waals surface area contributed by atoms with Gasteiger partial charge in [0.2, 0.25) is 0 Å². The summed E-state index contributed by atoms with van der Waals surface area (Å²) in [5.74, 6) is 7.11. The number of anilines is 2. The molecule has 0 fully saturated rings. The van der Waals surface area contributed by atoms with Crippen molar-refractivity contribution in [3.8, 4) is 39.1 Å². The van der Waals surface area contributed by atoms with Crippen molar-refractivity contribution >= 4 is 33.2 Å². The summed E-state index contributed by atoms with van der Waals surface area (Å²) in [5, 5.41) is 4.39. The Morgan fingerprint density at radius 2 is 0.865 bits per heavy atom. The van der Waals surface area contributed by atoms with Crippen molar-refractivity contribution in [1.82, 2.24) is 4.57 Å². The number of fused-ring (bicyclic) bond motifs is 13. The van der Waals surface area contributed by atoms with E-state index in [0.717, 1.165) is 28.2 Å². The van der Waals surface area contributed by atoms with Crippen LogP contribution >= 0.6 is 0 Å². The van der Waals surface area contributed by atoms with E-state index in [2.05, 4.69) is 193 Å². The highest BCUT2D eigenvalue weighted by atomic mass is 15.4. The molecule has 8 aromatic carbocycles. The Hall–Kier alpha value is -6.68. The van der Waals surface area contributed by atoms with Gasteiger partial charge < -0.3 is 4.57 Å². The number of hydrazine groups is 1. The predicted molar refractivity (Wildman–Crippen MR) is 215 cm³/mol. The van der Waals surface area contributed by atoms with Crippen LogP contribution in [0.2, 0.25) is 0 Å². The van der Waals surface area contributed by atoms with Gasteiger partial charge in [0.05, 0.1) is 27.8 Å². The number of nitrogens with zero attached hydrogens (tertiary/aromatic N) is 2. The number of hydrogen-bond donors (Lipinski definition) is 1. The second kappa shape index (κ2) is 10.9. The molecule has 3 nitrogen and oxygen atoms in total. The van der Waals surface area contributed by atoms with Gasteiger partial charge in [-0.2, -0.15) is 0 Å². The van der Waals surface area contributed by atoms with Crippen LogP contribution in [0.15, 0.2) is 188 Å². The van der Waals surface area contributed by atoms with Crippen LogP contribution in [-0.2, 0) is 5.41 Å². The SMILES string of the molecule is NN(c1ccc(-c2ccc(-n3c4ccccc4c4ccccc43)cc2)cc1)c1cccc2c1-c1ccccc1C21c2ccccc2-c2ccccc21. The lowest BCUT2D eigenvalue weighted by molar-refractivity contribution is 0.793. The second-order valence-electron chi connectivity index (χ2n) is 13.9. The molecule has 9 aromatic rings. The number of para-hydroxylation sites is 2. The Morgan fingerprint density at radius 1 is 0.404 bits per heavy atom. The molecule has 0 radical (unpaired) electrons. The number of rotatable bonds is 4. The van der Waals surface area contributed by atoms with Crippen LogP contribution < -0.4 is 10.9 Å². The standard InChI is InChI=1S/C49H33N3/c50-52(35-30-26-33(27-31-35)32-24-28-34(29-25-32)51-45-21-9-4-14-38(45)39-15-5-10-22-46(39)51)47-23-11-20-44-48(47)40-16-3-8-19-43(40)49(44)41-17-6-1-12-36(41)37-13-2-7-18-42(37)49/h1-31H,50H2. The molecule has 0 saturated heterocycles. The third-order valence-corrected chi connectivity index (χ3v) is 11.4. The summed E-state index contributed by atoms with van der Waals surface area (Å²) < 4.78 is 2.35. The molecule has 0 unspecified atom stereocenters. The Balaban J connectivity index is 0.975. The van der Waals surface area contributed by atoms with E-state index in [0.29, 0.717) is 0 Å². The normalized spacial score (nSPS) is 13.2. The van der Waals surface area contributed by atoms with Gasteiger partial charge >= 0.3 is 0 Å². The fourth-order valence-electron chi connectivity index (χ4n) is 9.28. The molecule has 0 atom stereocenters. The van der Waals surface area contributed by atoms with Gasteiger partial charge in [0, 0.05) is 22.0 Å². The molecule has 2 aliphatic rings. The lowest BCUT2D eigenvalue weighted by Crippen LogP contribution is -2.27. The molecular formula is C49H33N3. The van der Waals surface area contributed by atoms with Crippen LogP contribution in [0, 0.1) is 0 Å². The first kappa shape index (κ1) is 29.1. The van der Waals surface area contributed by atoms with Gasteiger partial charge in [0.1, 0.15) is 0 Å². The third-order valence-electron chi connectivity index (χ3n) is 11.4. The Bertz CT molecular complexity index is 2760. The average Bonchev–Trinajstić information content (AvgIpc) is 3.83. The van der Waals surface area contributed by atoms with Crippen molar-refractivity contribution in [2.24, 2.45) is 5.84 Å². The number of benzene rings is 8. The fraction of sp³-hybridized carbons (Fsp3) is 0.0204. The summed E-state index contributed by atoms with van der Waals surface area (Å²) in [7, 11) is 0. The van der Waals surface area contributed by atoms with Crippen molar-refractivity contribution in [2.45, 2.75) is 5.41 Å². The molecule has 11 rings (SSSR count). The number of aromatic nitrogens is 1. The molecular weight excluding hydrogens is 631 g/mol. The van der Waals surface area contributed by atoms with Gasteiger partial charge in [-0.3, -0.25) is 5.01 Å². The molecule has 52 heavy (non-hydrogen) atoms. The Morgan fingerprint density at radius 3 is 1.46 bits per heavy atom. The lowest BCUT2D eigenvalue weighted by Gasteiger charge is -2.31. The summed E-state index contributed by atoms with van der Waals surface area (Å²) in [4.78, 5) is 0. The number of hydrogen-bond acceptors (Lipinski definition) is 2. The highest BCUT2D eigenvalue weighted by molar-refractivity contribution is 6.09. The predicted octanol–water partition coefficient (Wildman–Crippen LogP) is 11.8. The van der Waals surface area contributed by atoms with Crippen LogP contribution in [-0.4, -0.2) is 4.57 Å². The second-order valence-corrected chi connectivity index (χ2v) is 13.9. The van der Waals surface area contributed by atoms with Crippen molar-refractivity contribution in [3.05, 3.63) is 210 Å². The molecule has 0 aliphatic heterocycles. The van der Waals surface area contributed by atoms with Crippen LogP contribution in [0.5, 0.6) is 0 Å². The van der Waals surface area contributed by atoms with Crippen molar-refractivity contribution in [1.29, 1.82) is 0 Å². The molecule has 0 amide bonds. The molecule has 3 heteroatoms. The van der Waals surface area contributed by atoms with Crippen LogP contribution in [0.25, 0.3) is 60.9 Å². The summed E-state index contributed by atoms with van der Waals surface area (Å²) in [6, 6.07) is 68.0. The highest BCUT2D eigenvalue weighted by Crippen LogP contribution is 2.64. The monoisotopic (exact) mass is 663 g/mol. The van der Waals surface area contributed by atoms with Gasteiger partial charge in [-0.25, -0.2) is 5.84 Å². The first-order chi connectivity index (χ1) is 25.7.